The van der Waals surface area contributed by atoms with Crippen LogP contribution in [-0.4, -0.2) is 41.9 Å². The van der Waals surface area contributed by atoms with Crippen molar-refractivity contribution in [3.8, 4) is 5.75 Å². The number of amides is 1. The third kappa shape index (κ3) is 4.44. The Labute approximate surface area is 164 Å². The van der Waals surface area contributed by atoms with E-state index in [-0.39, 0.29) is 23.7 Å². The van der Waals surface area contributed by atoms with Crippen LogP contribution < -0.4 is 10.2 Å². The molecule has 0 bridgehead atoms. The first-order valence-electron chi connectivity index (χ1n) is 10.0. The third-order valence-electron chi connectivity index (χ3n) is 5.50. The lowest BCUT2D eigenvalue weighted by Gasteiger charge is -2.28. The van der Waals surface area contributed by atoms with Crippen LogP contribution in [0.15, 0.2) is 45.8 Å². The highest BCUT2D eigenvalue weighted by atomic mass is 16.5. The second kappa shape index (κ2) is 8.61. The highest BCUT2D eigenvalue weighted by Gasteiger charge is 2.19. The fraction of sp³-hybridized carbons (Fsp3) is 0.455. The van der Waals surface area contributed by atoms with E-state index < -0.39 is 0 Å². The molecule has 2 aromatic rings. The summed E-state index contributed by atoms with van der Waals surface area (Å²) in [7, 11) is 0. The highest BCUT2D eigenvalue weighted by molar-refractivity contribution is 5.77. The molecule has 1 aromatic heterocycles. The van der Waals surface area contributed by atoms with E-state index in [2.05, 4.69) is 29.2 Å². The number of hydrogen-bond acceptors (Lipinski definition) is 5. The fourth-order valence-electron chi connectivity index (χ4n) is 3.91. The van der Waals surface area contributed by atoms with E-state index in [9.17, 15) is 9.59 Å². The van der Waals surface area contributed by atoms with Gasteiger partial charge in [0, 0.05) is 32.2 Å². The van der Waals surface area contributed by atoms with Gasteiger partial charge in [-0.15, -0.1) is 0 Å². The van der Waals surface area contributed by atoms with Crippen molar-refractivity contribution in [2.45, 2.75) is 38.8 Å². The first-order valence-corrected chi connectivity index (χ1v) is 10.0. The molecule has 3 heterocycles. The zero-order valence-corrected chi connectivity index (χ0v) is 16.1. The Balaban J connectivity index is 1.33. The van der Waals surface area contributed by atoms with E-state index in [4.69, 9.17) is 9.15 Å². The molecule has 1 aromatic carbocycles. The summed E-state index contributed by atoms with van der Waals surface area (Å²) in [5, 5.41) is 0. The molecule has 0 aliphatic carbocycles. The van der Waals surface area contributed by atoms with Crippen LogP contribution in [0.2, 0.25) is 0 Å². The van der Waals surface area contributed by atoms with Gasteiger partial charge in [0.2, 0.25) is 11.2 Å². The summed E-state index contributed by atoms with van der Waals surface area (Å²) in [5.41, 5.74) is 2.47. The molecule has 6 nitrogen and oxygen atoms in total. The molecule has 0 radical (unpaired) electrons. The minimum atomic E-state index is -0.245. The SMILES string of the molecule is O=C(COc1coc(CN2CCc3ccccc3C2)cc1=O)N1CCCCC1. The molecule has 0 saturated carbocycles. The Kier molecular flexibility index (Phi) is 5.76. The van der Waals surface area contributed by atoms with Gasteiger partial charge in [-0.05, 0) is 36.8 Å². The maximum Gasteiger partial charge on any atom is 0.260 e. The third-order valence-corrected chi connectivity index (χ3v) is 5.50. The van der Waals surface area contributed by atoms with Crippen molar-refractivity contribution in [3.63, 3.8) is 0 Å². The number of hydrogen-bond donors (Lipinski definition) is 0. The Morgan fingerprint density at radius 1 is 1.07 bits per heavy atom. The maximum absolute atomic E-state index is 12.3. The van der Waals surface area contributed by atoms with Gasteiger partial charge in [-0.3, -0.25) is 14.5 Å². The van der Waals surface area contributed by atoms with Crippen molar-refractivity contribution in [1.29, 1.82) is 0 Å². The van der Waals surface area contributed by atoms with Crippen molar-refractivity contribution in [3.05, 3.63) is 63.7 Å². The molecule has 148 valence electrons. The minimum absolute atomic E-state index is 0.0739. The van der Waals surface area contributed by atoms with Crippen molar-refractivity contribution >= 4 is 5.91 Å². The summed E-state index contributed by atoms with van der Waals surface area (Å²) in [6, 6.07) is 9.92. The van der Waals surface area contributed by atoms with Gasteiger partial charge in [-0.1, -0.05) is 24.3 Å². The molecule has 0 unspecified atom stereocenters. The molecule has 6 heteroatoms. The van der Waals surface area contributed by atoms with Gasteiger partial charge in [0.05, 0.1) is 6.54 Å². The number of benzene rings is 1. The normalized spacial score (nSPS) is 17.2. The molecule has 28 heavy (non-hydrogen) atoms. The molecular weight excluding hydrogens is 356 g/mol. The number of carbonyl (C=O) groups is 1. The summed E-state index contributed by atoms with van der Waals surface area (Å²) in [6.07, 6.45) is 5.56. The monoisotopic (exact) mass is 382 g/mol. The van der Waals surface area contributed by atoms with Crippen LogP contribution in [0.1, 0.15) is 36.1 Å². The Morgan fingerprint density at radius 3 is 2.64 bits per heavy atom. The van der Waals surface area contributed by atoms with Crippen LogP contribution >= 0.6 is 0 Å². The topological polar surface area (TPSA) is 63.0 Å². The van der Waals surface area contributed by atoms with Gasteiger partial charge in [0.1, 0.15) is 12.0 Å². The summed E-state index contributed by atoms with van der Waals surface area (Å²) >= 11 is 0. The van der Waals surface area contributed by atoms with Gasteiger partial charge in [-0.25, -0.2) is 0 Å². The lowest BCUT2D eigenvalue weighted by molar-refractivity contribution is -0.134. The lowest BCUT2D eigenvalue weighted by Crippen LogP contribution is -2.38. The molecule has 1 saturated heterocycles. The maximum atomic E-state index is 12.3. The predicted octanol–water partition coefficient (Wildman–Crippen LogP) is 2.59. The molecule has 0 atom stereocenters. The first-order chi connectivity index (χ1) is 13.7. The van der Waals surface area contributed by atoms with Crippen molar-refractivity contribution < 1.29 is 13.9 Å². The van der Waals surface area contributed by atoms with Crippen molar-refractivity contribution in [2.75, 3.05) is 26.2 Å². The number of likely N-dealkylation sites (tertiary alicyclic amines) is 1. The van der Waals surface area contributed by atoms with Crippen LogP contribution in [0.25, 0.3) is 0 Å². The van der Waals surface area contributed by atoms with Gasteiger partial charge < -0.3 is 14.1 Å². The largest absolute Gasteiger partial charge is 0.477 e. The molecular formula is C22H26N2O4. The lowest BCUT2D eigenvalue weighted by atomic mass is 10.00. The standard InChI is InChI=1S/C22H26N2O4/c25-20-12-19(14-23-11-8-17-6-2-3-7-18(17)13-23)27-15-21(20)28-16-22(26)24-9-4-1-5-10-24/h2-3,6-7,12,15H,1,4-5,8-11,13-14,16H2. The average molecular weight is 382 g/mol. The number of piperidine rings is 1. The number of carbonyl (C=O) groups excluding carboxylic acids is 1. The average Bonchev–Trinajstić information content (AvgIpc) is 2.73. The van der Waals surface area contributed by atoms with Crippen LogP contribution in [0.5, 0.6) is 5.75 Å². The molecule has 1 amide bonds. The van der Waals surface area contributed by atoms with Crippen LogP contribution in [0, 0.1) is 0 Å². The van der Waals surface area contributed by atoms with E-state index >= 15 is 0 Å². The summed E-state index contributed by atoms with van der Waals surface area (Å²) in [4.78, 5) is 28.6. The predicted molar refractivity (Wildman–Crippen MR) is 105 cm³/mol. The summed E-state index contributed by atoms with van der Waals surface area (Å²) in [6.45, 7) is 3.79. The van der Waals surface area contributed by atoms with Crippen LogP contribution in [0.4, 0.5) is 0 Å². The quantitative estimate of drug-likeness (QED) is 0.795. The summed E-state index contributed by atoms with van der Waals surface area (Å²) < 4.78 is 11.0. The Morgan fingerprint density at radius 2 is 1.86 bits per heavy atom. The first kappa shape index (κ1) is 18.7. The molecule has 2 aliphatic rings. The Hall–Kier alpha value is -2.60. The van der Waals surface area contributed by atoms with E-state index in [0.29, 0.717) is 12.3 Å². The zero-order valence-electron chi connectivity index (χ0n) is 16.1. The van der Waals surface area contributed by atoms with E-state index in [1.165, 1.54) is 23.5 Å². The molecule has 0 spiro atoms. The van der Waals surface area contributed by atoms with Crippen molar-refractivity contribution in [2.24, 2.45) is 0 Å². The number of nitrogens with zero attached hydrogens (tertiary/aromatic N) is 2. The minimum Gasteiger partial charge on any atom is -0.477 e. The Bertz CT molecular complexity index is 886. The second-order valence-electron chi connectivity index (χ2n) is 7.53. The number of rotatable bonds is 5. The van der Waals surface area contributed by atoms with E-state index in [1.807, 2.05) is 0 Å². The van der Waals surface area contributed by atoms with Gasteiger partial charge in [-0.2, -0.15) is 0 Å². The zero-order chi connectivity index (χ0) is 19.3. The summed E-state index contributed by atoms with van der Waals surface area (Å²) in [5.74, 6) is 0.632. The smallest absolute Gasteiger partial charge is 0.260 e. The number of fused-ring (bicyclic) bond motifs is 1. The fourth-order valence-corrected chi connectivity index (χ4v) is 3.91. The molecule has 1 fully saturated rings. The van der Waals surface area contributed by atoms with Gasteiger partial charge >= 0.3 is 0 Å². The van der Waals surface area contributed by atoms with E-state index in [1.54, 1.807) is 4.90 Å². The second-order valence-corrected chi connectivity index (χ2v) is 7.53. The van der Waals surface area contributed by atoms with Gasteiger partial charge in [0.15, 0.2) is 6.61 Å². The van der Waals surface area contributed by atoms with Crippen LogP contribution in [-0.2, 0) is 24.3 Å². The number of ether oxygens (including phenoxy) is 1. The molecule has 2 aliphatic heterocycles. The van der Waals surface area contributed by atoms with Crippen LogP contribution in [0.3, 0.4) is 0 Å². The van der Waals surface area contributed by atoms with Gasteiger partial charge in [0.25, 0.3) is 5.91 Å². The molecule has 0 N–H and O–H groups in total. The van der Waals surface area contributed by atoms with E-state index in [0.717, 1.165) is 51.9 Å². The van der Waals surface area contributed by atoms with Crippen molar-refractivity contribution in [1.82, 2.24) is 9.80 Å². The highest BCUT2D eigenvalue weighted by Crippen LogP contribution is 2.20. The molecule has 4 rings (SSSR count).